The van der Waals surface area contributed by atoms with E-state index in [9.17, 15) is 9.18 Å². The number of hydrogen-bond donors (Lipinski definition) is 1. The van der Waals surface area contributed by atoms with E-state index in [4.69, 9.17) is 4.42 Å². The molecule has 1 amide bonds. The number of hydrogen-bond acceptors (Lipinski definition) is 2. The van der Waals surface area contributed by atoms with E-state index in [2.05, 4.69) is 31.3 Å². The smallest absolute Gasteiger partial charge is 0.254 e. The van der Waals surface area contributed by atoms with Gasteiger partial charge < -0.3 is 9.73 Å². The molecule has 1 N–H and O–H groups in total. The molecule has 0 saturated heterocycles. The van der Waals surface area contributed by atoms with Crippen molar-refractivity contribution in [1.82, 2.24) is 5.32 Å². The maximum absolute atomic E-state index is 13.9. The number of amides is 1. The Morgan fingerprint density at radius 2 is 1.97 bits per heavy atom. The molecule has 0 aliphatic heterocycles. The third-order valence-electron chi connectivity index (χ3n) is 5.79. The molecule has 1 heterocycles. The number of nitrogens with one attached hydrogen (secondary N) is 1. The van der Waals surface area contributed by atoms with Crippen LogP contribution in [0.1, 0.15) is 73.0 Å². The van der Waals surface area contributed by atoms with Crippen LogP contribution in [0.4, 0.5) is 4.39 Å². The van der Waals surface area contributed by atoms with Crippen LogP contribution >= 0.6 is 0 Å². The van der Waals surface area contributed by atoms with Gasteiger partial charge in [0, 0.05) is 23.6 Å². The lowest BCUT2D eigenvalue weighted by atomic mass is 9.89. The van der Waals surface area contributed by atoms with Crippen molar-refractivity contribution in [3.63, 3.8) is 0 Å². The Bertz CT molecular complexity index is 954. The summed E-state index contributed by atoms with van der Waals surface area (Å²) in [5, 5.41) is 2.87. The van der Waals surface area contributed by atoms with Crippen LogP contribution < -0.4 is 5.32 Å². The van der Waals surface area contributed by atoms with Gasteiger partial charge in [0.2, 0.25) is 0 Å². The second kappa shape index (κ2) is 9.92. The number of rotatable bonds is 7. The first-order valence-electron chi connectivity index (χ1n) is 11.0. The molecule has 0 saturated carbocycles. The second-order valence-electron chi connectivity index (χ2n) is 8.25. The van der Waals surface area contributed by atoms with Crippen LogP contribution in [0.15, 0.2) is 46.9 Å². The predicted octanol–water partition coefficient (Wildman–Crippen LogP) is 6.41. The number of allylic oxidation sites excluding steroid dienone is 3. The molecule has 0 radical (unpaired) electrons. The monoisotopic (exact) mass is 409 g/mol. The first-order chi connectivity index (χ1) is 14.4. The third-order valence-corrected chi connectivity index (χ3v) is 5.79. The lowest BCUT2D eigenvalue weighted by molar-refractivity contribution is 0.0943. The maximum Gasteiger partial charge on any atom is 0.254 e. The summed E-state index contributed by atoms with van der Waals surface area (Å²) in [5.74, 6) is 1.60. The average molecular weight is 410 g/mol. The van der Waals surface area contributed by atoms with Gasteiger partial charge >= 0.3 is 0 Å². The molecule has 160 valence electrons. The molecular weight excluding hydrogens is 377 g/mol. The Morgan fingerprint density at radius 1 is 1.23 bits per heavy atom. The van der Waals surface area contributed by atoms with E-state index in [0.29, 0.717) is 5.92 Å². The Kier molecular flexibility index (Phi) is 7.30. The highest BCUT2D eigenvalue weighted by Crippen LogP contribution is 2.35. The molecule has 1 aromatic heterocycles. The zero-order chi connectivity index (χ0) is 21.7. The summed E-state index contributed by atoms with van der Waals surface area (Å²) in [4.78, 5) is 12.4. The normalized spacial score (nSPS) is 16.4. The highest BCUT2D eigenvalue weighted by atomic mass is 19.1. The Hall–Kier alpha value is -2.62. The summed E-state index contributed by atoms with van der Waals surface area (Å²) < 4.78 is 20.0. The standard InChI is InChI=1S/C26H32FNO2/c1-5-17(2)16-20(25-19(4)30-24-13-9-7-11-22(24)25)15-14-18(3)28-26(29)21-10-6-8-12-23(21)27/h6,8,10,12,14-18H,5,7,9,11,13H2,1-4H3,(H,28,29). The summed E-state index contributed by atoms with van der Waals surface area (Å²) in [6.07, 6.45) is 11.8. The van der Waals surface area contributed by atoms with Gasteiger partial charge in [0.05, 0.1) is 5.56 Å². The molecule has 1 aliphatic carbocycles. The van der Waals surface area contributed by atoms with Gasteiger partial charge in [-0.1, -0.05) is 50.6 Å². The van der Waals surface area contributed by atoms with E-state index in [1.807, 2.05) is 19.9 Å². The molecule has 30 heavy (non-hydrogen) atoms. The lowest BCUT2D eigenvalue weighted by Crippen LogP contribution is -2.31. The molecule has 0 fully saturated rings. The molecule has 0 spiro atoms. The minimum Gasteiger partial charge on any atom is -0.465 e. The fourth-order valence-electron chi connectivity index (χ4n) is 3.95. The number of carbonyl (C=O) groups is 1. The summed E-state index contributed by atoms with van der Waals surface area (Å²) >= 11 is 0. The van der Waals surface area contributed by atoms with Crippen molar-refractivity contribution >= 4 is 11.5 Å². The topological polar surface area (TPSA) is 42.2 Å². The summed E-state index contributed by atoms with van der Waals surface area (Å²) in [6, 6.07) is 5.80. The molecule has 1 aliphatic rings. The van der Waals surface area contributed by atoms with Crippen molar-refractivity contribution in [3.8, 4) is 0 Å². The van der Waals surface area contributed by atoms with Crippen molar-refractivity contribution in [2.45, 2.75) is 65.8 Å². The van der Waals surface area contributed by atoms with Crippen LogP contribution in [0.3, 0.4) is 0 Å². The van der Waals surface area contributed by atoms with Crippen LogP contribution in [-0.2, 0) is 12.8 Å². The number of halogens is 1. The van der Waals surface area contributed by atoms with Crippen molar-refractivity contribution in [3.05, 3.63) is 76.5 Å². The van der Waals surface area contributed by atoms with Crippen molar-refractivity contribution < 1.29 is 13.6 Å². The zero-order valence-electron chi connectivity index (χ0n) is 18.4. The molecule has 2 atom stereocenters. The fraction of sp³-hybridized carbons (Fsp3) is 0.423. The van der Waals surface area contributed by atoms with Crippen molar-refractivity contribution in [2.24, 2.45) is 5.92 Å². The summed E-state index contributed by atoms with van der Waals surface area (Å²) in [5.41, 5.74) is 3.74. The zero-order valence-corrected chi connectivity index (χ0v) is 18.4. The second-order valence-corrected chi connectivity index (χ2v) is 8.25. The largest absolute Gasteiger partial charge is 0.465 e. The fourth-order valence-corrected chi connectivity index (χ4v) is 3.95. The predicted molar refractivity (Wildman–Crippen MR) is 120 cm³/mol. The average Bonchev–Trinajstić information content (AvgIpc) is 3.06. The number of carbonyl (C=O) groups excluding carboxylic acids is 1. The summed E-state index contributed by atoms with van der Waals surface area (Å²) in [7, 11) is 0. The lowest BCUT2D eigenvalue weighted by Gasteiger charge is -2.14. The van der Waals surface area contributed by atoms with Gasteiger partial charge in [0.15, 0.2) is 0 Å². The molecule has 2 aromatic rings. The van der Waals surface area contributed by atoms with E-state index in [-0.39, 0.29) is 11.6 Å². The van der Waals surface area contributed by atoms with Crippen LogP contribution in [0.5, 0.6) is 0 Å². The Balaban J connectivity index is 1.83. The van der Waals surface area contributed by atoms with Gasteiger partial charge in [0.25, 0.3) is 5.91 Å². The first-order valence-corrected chi connectivity index (χ1v) is 11.0. The van der Waals surface area contributed by atoms with E-state index < -0.39 is 11.7 Å². The third kappa shape index (κ3) is 5.10. The van der Waals surface area contributed by atoms with Gasteiger partial charge in [0.1, 0.15) is 17.3 Å². The van der Waals surface area contributed by atoms with E-state index >= 15 is 0 Å². The molecule has 3 rings (SSSR count). The number of aryl methyl sites for hydroxylation is 2. The van der Waals surface area contributed by atoms with Crippen LogP contribution in [0.25, 0.3) is 5.57 Å². The van der Waals surface area contributed by atoms with Gasteiger partial charge in [-0.05, 0) is 56.7 Å². The van der Waals surface area contributed by atoms with E-state index in [0.717, 1.165) is 36.4 Å². The van der Waals surface area contributed by atoms with E-state index in [1.54, 1.807) is 12.1 Å². The first kappa shape index (κ1) is 22.1. The van der Waals surface area contributed by atoms with Gasteiger partial charge in [-0.25, -0.2) is 4.39 Å². The van der Waals surface area contributed by atoms with Gasteiger partial charge in [-0.15, -0.1) is 0 Å². The number of fused-ring (bicyclic) bond motifs is 1. The van der Waals surface area contributed by atoms with Gasteiger partial charge in [-0.3, -0.25) is 4.79 Å². The highest BCUT2D eigenvalue weighted by Gasteiger charge is 2.22. The van der Waals surface area contributed by atoms with Crippen LogP contribution in [-0.4, -0.2) is 11.9 Å². The number of benzene rings is 1. The molecular formula is C26H32FNO2. The van der Waals surface area contributed by atoms with Crippen LogP contribution in [0.2, 0.25) is 0 Å². The Morgan fingerprint density at radius 3 is 2.70 bits per heavy atom. The molecule has 2 unspecified atom stereocenters. The SMILES string of the molecule is CCC(C)C=C(C=CC(C)NC(=O)c1ccccc1F)c1c(C)oc2c1CCCC2. The minimum absolute atomic E-state index is 0.0628. The molecule has 1 aromatic carbocycles. The van der Waals surface area contributed by atoms with E-state index in [1.165, 1.54) is 36.1 Å². The highest BCUT2D eigenvalue weighted by molar-refractivity contribution is 5.94. The van der Waals surface area contributed by atoms with Crippen molar-refractivity contribution in [2.75, 3.05) is 0 Å². The maximum atomic E-state index is 13.9. The molecule has 0 bridgehead atoms. The van der Waals surface area contributed by atoms with Gasteiger partial charge in [-0.2, -0.15) is 0 Å². The van der Waals surface area contributed by atoms with Crippen molar-refractivity contribution in [1.29, 1.82) is 0 Å². The summed E-state index contributed by atoms with van der Waals surface area (Å²) in [6.45, 7) is 8.32. The minimum atomic E-state index is -0.510. The number of furan rings is 1. The quantitative estimate of drug-likeness (QED) is 0.537. The molecule has 3 nitrogen and oxygen atoms in total. The Labute approximate surface area is 179 Å². The molecule has 4 heteroatoms. The van der Waals surface area contributed by atoms with Crippen LogP contribution in [0, 0.1) is 18.7 Å².